The minimum absolute atomic E-state index is 0.0294. The number of hydrogen-bond acceptors (Lipinski definition) is 4. The fourth-order valence-corrected chi connectivity index (χ4v) is 2.98. The summed E-state index contributed by atoms with van der Waals surface area (Å²) in [6.45, 7) is 7.58. The third-order valence-electron chi connectivity index (χ3n) is 4.00. The summed E-state index contributed by atoms with van der Waals surface area (Å²) < 4.78 is 5.53. The molecule has 0 aliphatic carbocycles. The molecule has 126 valence electrons. The van der Waals surface area contributed by atoms with Crippen molar-refractivity contribution in [3.63, 3.8) is 0 Å². The predicted molar refractivity (Wildman–Crippen MR) is 88.4 cm³/mol. The topological polar surface area (TPSA) is 59.5 Å². The Morgan fingerprint density at radius 2 is 2.04 bits per heavy atom. The fourth-order valence-electron chi connectivity index (χ4n) is 2.98. The summed E-state index contributed by atoms with van der Waals surface area (Å²) in [7, 11) is 0. The molecule has 1 aliphatic heterocycles. The van der Waals surface area contributed by atoms with Crippen LogP contribution in [0.3, 0.4) is 0 Å². The van der Waals surface area contributed by atoms with E-state index in [9.17, 15) is 9.59 Å². The molecule has 2 heterocycles. The second-order valence-electron chi connectivity index (χ2n) is 7.16. The number of carbonyl (C=O) groups is 2. The van der Waals surface area contributed by atoms with Gasteiger partial charge in [0.05, 0.1) is 0 Å². The van der Waals surface area contributed by atoms with E-state index in [2.05, 4.69) is 4.98 Å². The Labute approximate surface area is 138 Å². The van der Waals surface area contributed by atoms with Crippen molar-refractivity contribution < 1.29 is 14.3 Å². The molecule has 2 unspecified atom stereocenters. The number of ether oxygens (including phenoxy) is 1. The van der Waals surface area contributed by atoms with Crippen molar-refractivity contribution in [2.75, 3.05) is 0 Å². The highest BCUT2D eigenvalue weighted by Gasteiger charge is 2.35. The summed E-state index contributed by atoms with van der Waals surface area (Å²) in [5.74, 6) is -0.0294. The van der Waals surface area contributed by atoms with E-state index in [1.807, 2.05) is 27.7 Å². The molecule has 1 fully saturated rings. The second kappa shape index (κ2) is 7.11. The molecule has 0 N–H and O–H groups in total. The highest BCUT2D eigenvalue weighted by Crippen LogP contribution is 2.27. The summed E-state index contributed by atoms with van der Waals surface area (Å²) >= 11 is 0. The molecule has 23 heavy (non-hydrogen) atoms. The Morgan fingerprint density at radius 1 is 1.30 bits per heavy atom. The Hall–Kier alpha value is -1.91. The molecule has 5 heteroatoms. The van der Waals surface area contributed by atoms with Gasteiger partial charge in [0.15, 0.2) is 5.78 Å². The van der Waals surface area contributed by atoms with Crippen molar-refractivity contribution >= 4 is 11.9 Å². The quantitative estimate of drug-likeness (QED) is 0.795. The SMILES string of the molecule is CC1CCCC(CC(=O)c2ccccn2)N1C(=O)OC(C)(C)C. The summed E-state index contributed by atoms with van der Waals surface area (Å²) in [6, 6.07) is 5.26. The largest absolute Gasteiger partial charge is 0.444 e. The summed E-state index contributed by atoms with van der Waals surface area (Å²) in [5, 5.41) is 0. The van der Waals surface area contributed by atoms with Gasteiger partial charge in [0.1, 0.15) is 11.3 Å². The van der Waals surface area contributed by atoms with Gasteiger partial charge >= 0.3 is 6.09 Å². The number of Topliss-reactive ketones (excluding diaryl/α,β-unsaturated/α-hetero) is 1. The lowest BCUT2D eigenvalue weighted by Gasteiger charge is -2.41. The maximum Gasteiger partial charge on any atom is 0.410 e. The van der Waals surface area contributed by atoms with Gasteiger partial charge in [0.2, 0.25) is 0 Å². The number of rotatable bonds is 3. The van der Waals surface area contributed by atoms with Gasteiger partial charge in [-0.15, -0.1) is 0 Å². The molecule has 2 atom stereocenters. The van der Waals surface area contributed by atoms with Gasteiger partial charge in [0.25, 0.3) is 0 Å². The predicted octanol–water partition coefficient (Wildman–Crippen LogP) is 3.83. The smallest absolute Gasteiger partial charge is 0.410 e. The molecule has 1 aliphatic rings. The first-order valence-electron chi connectivity index (χ1n) is 8.23. The van der Waals surface area contributed by atoms with E-state index in [0.29, 0.717) is 12.1 Å². The lowest BCUT2D eigenvalue weighted by Crippen LogP contribution is -2.51. The van der Waals surface area contributed by atoms with Crippen molar-refractivity contribution in [1.82, 2.24) is 9.88 Å². The zero-order valence-electron chi connectivity index (χ0n) is 14.4. The van der Waals surface area contributed by atoms with E-state index in [4.69, 9.17) is 4.74 Å². The highest BCUT2D eigenvalue weighted by molar-refractivity contribution is 5.94. The highest BCUT2D eigenvalue weighted by atomic mass is 16.6. The first-order valence-corrected chi connectivity index (χ1v) is 8.23. The molecule has 0 saturated carbocycles. The Morgan fingerprint density at radius 3 is 2.65 bits per heavy atom. The van der Waals surface area contributed by atoms with Gasteiger partial charge in [-0.25, -0.2) is 4.79 Å². The maximum atomic E-state index is 12.5. The first kappa shape index (κ1) is 17.4. The van der Waals surface area contributed by atoms with Gasteiger partial charge in [-0.3, -0.25) is 9.78 Å². The van der Waals surface area contributed by atoms with Crippen molar-refractivity contribution in [3.8, 4) is 0 Å². The summed E-state index contributed by atoms with van der Waals surface area (Å²) in [5.41, 5.74) is -0.0843. The van der Waals surface area contributed by atoms with Crippen LogP contribution in [0.15, 0.2) is 24.4 Å². The normalized spacial score (nSPS) is 21.8. The lowest BCUT2D eigenvalue weighted by molar-refractivity contribution is -0.00308. The number of carbonyl (C=O) groups excluding carboxylic acids is 2. The van der Waals surface area contributed by atoms with Crippen LogP contribution in [0.25, 0.3) is 0 Å². The van der Waals surface area contributed by atoms with Gasteiger partial charge in [0, 0.05) is 24.7 Å². The number of pyridine rings is 1. The standard InChI is InChI=1S/C18H26N2O3/c1-13-8-7-9-14(20(13)17(22)23-18(2,3)4)12-16(21)15-10-5-6-11-19-15/h5-6,10-11,13-14H,7-9,12H2,1-4H3. The van der Waals surface area contributed by atoms with E-state index in [1.54, 1.807) is 29.3 Å². The molecule has 1 aromatic heterocycles. The lowest BCUT2D eigenvalue weighted by atomic mass is 9.93. The van der Waals surface area contributed by atoms with Gasteiger partial charge < -0.3 is 9.64 Å². The number of aromatic nitrogens is 1. The van der Waals surface area contributed by atoms with E-state index < -0.39 is 5.60 Å². The molecular weight excluding hydrogens is 292 g/mol. The Bertz CT molecular complexity index is 551. The van der Waals surface area contributed by atoms with Crippen LogP contribution in [0.4, 0.5) is 4.79 Å². The minimum atomic E-state index is -0.538. The van der Waals surface area contributed by atoms with Crippen LogP contribution in [0, 0.1) is 0 Å². The van der Waals surface area contributed by atoms with E-state index >= 15 is 0 Å². The fraction of sp³-hybridized carbons (Fsp3) is 0.611. The Kier molecular flexibility index (Phi) is 5.39. The van der Waals surface area contributed by atoms with Crippen molar-refractivity contribution in [1.29, 1.82) is 0 Å². The molecular formula is C18H26N2O3. The van der Waals surface area contributed by atoms with Crippen molar-refractivity contribution in [3.05, 3.63) is 30.1 Å². The molecule has 0 radical (unpaired) electrons. The molecule has 0 aromatic carbocycles. The number of piperidine rings is 1. The van der Waals surface area contributed by atoms with Gasteiger partial charge in [-0.05, 0) is 59.1 Å². The zero-order chi connectivity index (χ0) is 17.0. The molecule has 1 saturated heterocycles. The van der Waals surface area contributed by atoms with Crippen LogP contribution in [0.1, 0.15) is 63.9 Å². The van der Waals surface area contributed by atoms with Crippen LogP contribution in [-0.4, -0.2) is 39.4 Å². The first-order chi connectivity index (χ1) is 10.8. The Balaban J connectivity index is 2.11. The van der Waals surface area contributed by atoms with Gasteiger partial charge in [-0.2, -0.15) is 0 Å². The van der Waals surface area contributed by atoms with Crippen LogP contribution < -0.4 is 0 Å². The van der Waals surface area contributed by atoms with Crippen LogP contribution in [0.5, 0.6) is 0 Å². The van der Waals surface area contributed by atoms with Gasteiger partial charge in [-0.1, -0.05) is 6.07 Å². The van der Waals surface area contributed by atoms with Crippen LogP contribution >= 0.6 is 0 Å². The number of hydrogen-bond donors (Lipinski definition) is 0. The average molecular weight is 318 g/mol. The van der Waals surface area contributed by atoms with Crippen molar-refractivity contribution in [2.24, 2.45) is 0 Å². The number of amides is 1. The summed E-state index contributed by atoms with van der Waals surface area (Å²) in [6.07, 6.45) is 4.35. The van der Waals surface area contributed by atoms with E-state index in [-0.39, 0.29) is 24.0 Å². The molecule has 2 rings (SSSR count). The number of likely N-dealkylation sites (tertiary alicyclic amines) is 1. The van der Waals surface area contributed by atoms with Crippen LogP contribution in [-0.2, 0) is 4.74 Å². The van der Waals surface area contributed by atoms with E-state index in [1.165, 1.54) is 0 Å². The monoisotopic (exact) mass is 318 g/mol. The number of nitrogens with zero attached hydrogens (tertiary/aromatic N) is 2. The molecule has 1 amide bonds. The summed E-state index contributed by atoms with van der Waals surface area (Å²) in [4.78, 5) is 30.8. The van der Waals surface area contributed by atoms with E-state index in [0.717, 1.165) is 19.3 Å². The maximum absolute atomic E-state index is 12.5. The van der Waals surface area contributed by atoms with Crippen molar-refractivity contribution in [2.45, 2.75) is 71.1 Å². The average Bonchev–Trinajstić information content (AvgIpc) is 2.46. The molecule has 5 nitrogen and oxygen atoms in total. The van der Waals surface area contributed by atoms with Crippen LogP contribution in [0.2, 0.25) is 0 Å². The molecule has 1 aromatic rings. The third-order valence-corrected chi connectivity index (χ3v) is 4.00. The second-order valence-corrected chi connectivity index (χ2v) is 7.16. The third kappa shape index (κ3) is 4.78. The molecule has 0 spiro atoms. The molecule has 0 bridgehead atoms. The zero-order valence-corrected chi connectivity index (χ0v) is 14.4. The minimum Gasteiger partial charge on any atom is -0.444 e. The number of ketones is 1.